The van der Waals surface area contributed by atoms with Gasteiger partial charge in [-0.1, -0.05) is 0 Å². The van der Waals surface area contributed by atoms with E-state index in [2.05, 4.69) is 17.0 Å². The highest BCUT2D eigenvalue weighted by molar-refractivity contribution is 7.83. The van der Waals surface area contributed by atoms with Crippen molar-refractivity contribution in [3.8, 4) is 0 Å². The molecule has 0 atom stereocenters. The second-order valence-corrected chi connectivity index (χ2v) is 1.54. The zero-order chi connectivity index (χ0) is 6.50. The van der Waals surface area contributed by atoms with Gasteiger partial charge in [-0.05, 0) is 0 Å². The average Bonchev–Trinajstić information content (AvgIpc) is 1.36. The molecule has 7 heavy (non-hydrogen) atoms. The van der Waals surface area contributed by atoms with E-state index < -0.39 is 10.3 Å². The third-order valence-corrected chi connectivity index (χ3v) is 0. The van der Waals surface area contributed by atoms with E-state index in [-0.39, 0.29) is 0 Å². The number of rotatable bonds is 0. The van der Waals surface area contributed by atoms with Crippen LogP contribution in [-0.4, -0.2) is 17.6 Å². The summed E-state index contributed by atoms with van der Waals surface area (Å²) in [4.78, 5) is 0. The minimum atomic E-state index is -4.17. The molecule has 0 aliphatic rings. The van der Waals surface area contributed by atoms with Gasteiger partial charge in [-0.15, -0.1) is 0 Å². The van der Waals surface area contributed by atoms with Gasteiger partial charge in [0.15, 0.2) is 0 Å². The van der Waals surface area contributed by atoms with Crippen molar-refractivity contribution in [2.24, 2.45) is 5.14 Å². The zero-order valence-electron chi connectivity index (χ0n) is 3.07. The van der Waals surface area contributed by atoms with Gasteiger partial charge in [0, 0.05) is 0 Å². The molecule has 0 heterocycles. The largest absolute Gasteiger partial charge is 0.330 e. The molecule has 5 nitrogen and oxygen atoms in total. The maximum absolute atomic E-state index is 8.97. The van der Waals surface area contributed by atoms with Crippen LogP contribution in [0.15, 0.2) is 0 Å². The van der Waals surface area contributed by atoms with Crippen LogP contribution in [0.5, 0.6) is 0 Å². The Hall–Kier alpha value is 0.120. The van der Waals surface area contributed by atoms with Crippen LogP contribution in [0.4, 0.5) is 0 Å². The molecule has 0 bridgehead atoms. The quantitative estimate of drug-likeness (QED) is 0.380. The van der Waals surface area contributed by atoms with Crippen molar-refractivity contribution in [3.05, 3.63) is 0 Å². The SMILES string of the molecule is NS(=O)(=O)O.OCl. The molecule has 0 spiro atoms. The van der Waals surface area contributed by atoms with Crippen LogP contribution in [0.3, 0.4) is 0 Å². The lowest BCUT2D eigenvalue weighted by molar-refractivity contribution is 0.485. The Labute approximate surface area is 45.8 Å². The molecule has 4 N–H and O–H groups in total. The van der Waals surface area contributed by atoms with Gasteiger partial charge in [0.2, 0.25) is 0 Å². The summed E-state index contributed by atoms with van der Waals surface area (Å²) in [6.07, 6.45) is 0. The maximum Gasteiger partial charge on any atom is 0.330 e. The third-order valence-electron chi connectivity index (χ3n) is 0. The standard InChI is InChI=1S/ClHO.H3NO3S/c1-2;1-5(2,3)4/h2H;(H3,1,2,3,4). The Bertz CT molecular complexity index is 94.9. The summed E-state index contributed by atoms with van der Waals surface area (Å²) in [5.41, 5.74) is 0. The molecule has 0 aromatic heterocycles. The minimum absolute atomic E-state index is 3.64. The molecular weight excluding hydrogens is 146 g/mol. The van der Waals surface area contributed by atoms with Crippen LogP contribution >= 0.6 is 11.9 Å². The molecule has 0 radical (unpaired) electrons. The predicted molar refractivity (Wildman–Crippen MR) is 23.8 cm³/mol. The molecule has 7 heteroatoms. The molecule has 0 rings (SSSR count). The summed E-state index contributed by atoms with van der Waals surface area (Å²) in [6, 6.07) is 0. The first-order valence-corrected chi connectivity index (χ1v) is 2.76. The summed E-state index contributed by atoms with van der Waals surface area (Å²) in [5.74, 6) is 0. The van der Waals surface area contributed by atoms with Crippen molar-refractivity contribution < 1.29 is 17.6 Å². The van der Waals surface area contributed by atoms with Crippen molar-refractivity contribution in [1.29, 1.82) is 0 Å². The Morgan fingerprint density at radius 3 is 1.43 bits per heavy atom. The van der Waals surface area contributed by atoms with Crippen LogP contribution < -0.4 is 5.14 Å². The lowest BCUT2D eigenvalue weighted by atomic mass is 13.9. The van der Waals surface area contributed by atoms with Gasteiger partial charge in [0.25, 0.3) is 0 Å². The van der Waals surface area contributed by atoms with Gasteiger partial charge in [0.05, 0.1) is 11.9 Å². The molecule has 0 amide bonds. The lowest BCUT2D eigenvalue weighted by Gasteiger charge is -1.70. The topological polar surface area (TPSA) is 101 Å². The Kier molecular flexibility index (Phi) is 6.22. The maximum atomic E-state index is 8.97. The van der Waals surface area contributed by atoms with Gasteiger partial charge in [-0.2, -0.15) is 8.42 Å². The molecule has 0 aliphatic heterocycles. The van der Waals surface area contributed by atoms with Crippen molar-refractivity contribution in [2.45, 2.75) is 0 Å². The van der Waals surface area contributed by atoms with Crippen molar-refractivity contribution in [2.75, 3.05) is 0 Å². The highest BCUT2D eigenvalue weighted by Crippen LogP contribution is 1.50. The minimum Gasteiger partial charge on any atom is -0.295 e. The van der Waals surface area contributed by atoms with Gasteiger partial charge in [-0.3, -0.25) is 9.21 Å². The first kappa shape index (κ1) is 10.2. The summed E-state index contributed by atoms with van der Waals surface area (Å²) in [7, 11) is -4.17. The molecule has 0 saturated heterocycles. The monoisotopic (exact) mass is 149 g/mol. The normalized spacial score (nSPS) is 9.14. The second kappa shape index (κ2) is 4.28. The van der Waals surface area contributed by atoms with Crippen LogP contribution in [0, 0.1) is 0 Å². The van der Waals surface area contributed by atoms with Gasteiger partial charge >= 0.3 is 10.3 Å². The average molecular weight is 150 g/mol. The van der Waals surface area contributed by atoms with Crippen molar-refractivity contribution >= 4 is 22.2 Å². The van der Waals surface area contributed by atoms with E-state index in [1.165, 1.54) is 0 Å². The Morgan fingerprint density at radius 1 is 1.43 bits per heavy atom. The zero-order valence-corrected chi connectivity index (χ0v) is 4.65. The molecule has 0 unspecified atom stereocenters. The molecule has 0 fully saturated rings. The third kappa shape index (κ3) is 7210. The fraction of sp³-hybridized carbons (Fsp3) is 0. The van der Waals surface area contributed by atoms with E-state index in [9.17, 15) is 0 Å². The smallest absolute Gasteiger partial charge is 0.295 e. The fourth-order valence-corrected chi connectivity index (χ4v) is 0. The van der Waals surface area contributed by atoms with Crippen molar-refractivity contribution in [3.63, 3.8) is 0 Å². The second-order valence-electron chi connectivity index (χ2n) is 0.515. The van der Waals surface area contributed by atoms with Crippen LogP contribution in [0.1, 0.15) is 0 Å². The fourth-order valence-electron chi connectivity index (χ4n) is 0. The van der Waals surface area contributed by atoms with Crippen LogP contribution in [0.25, 0.3) is 0 Å². The van der Waals surface area contributed by atoms with Gasteiger partial charge in [0.1, 0.15) is 0 Å². The van der Waals surface area contributed by atoms with Crippen LogP contribution in [0.2, 0.25) is 0 Å². The predicted octanol–water partition coefficient (Wildman–Crippen LogP) is -1.12. The molecule has 46 valence electrons. The highest BCUT2D eigenvalue weighted by Gasteiger charge is 1.81. The Morgan fingerprint density at radius 2 is 1.43 bits per heavy atom. The number of nitrogens with two attached hydrogens (primary N) is 1. The molecule has 0 aliphatic carbocycles. The Balaban J connectivity index is 0. The van der Waals surface area contributed by atoms with Gasteiger partial charge in [-0.25, -0.2) is 5.14 Å². The van der Waals surface area contributed by atoms with Gasteiger partial charge < -0.3 is 0 Å². The first-order valence-electron chi connectivity index (χ1n) is 0.921. The van der Waals surface area contributed by atoms with E-state index in [0.29, 0.717) is 0 Å². The van der Waals surface area contributed by atoms with E-state index >= 15 is 0 Å². The van der Waals surface area contributed by atoms with E-state index in [4.69, 9.17) is 17.6 Å². The molecule has 0 aromatic carbocycles. The first-order chi connectivity index (χ1) is 3.00. The molecule has 0 saturated carbocycles. The highest BCUT2D eigenvalue weighted by atomic mass is 35.5. The number of hydrogen-bond donors (Lipinski definition) is 3. The van der Waals surface area contributed by atoms with E-state index in [1.54, 1.807) is 0 Å². The summed E-state index contributed by atoms with van der Waals surface area (Å²) >= 11 is 3.64. The van der Waals surface area contributed by atoms with E-state index in [1.807, 2.05) is 0 Å². The van der Waals surface area contributed by atoms with E-state index in [0.717, 1.165) is 0 Å². The number of hydrogen-bond acceptors (Lipinski definition) is 3. The molecule has 0 aromatic rings. The summed E-state index contributed by atoms with van der Waals surface area (Å²) in [5, 5.41) is 3.88. The number of halogens is 1. The van der Waals surface area contributed by atoms with Crippen LogP contribution in [-0.2, 0) is 10.3 Å². The summed E-state index contributed by atoms with van der Waals surface area (Å²) < 4.78 is 31.7. The molecular formula is H4ClNO4S. The van der Waals surface area contributed by atoms with Crippen molar-refractivity contribution in [1.82, 2.24) is 0 Å². The lowest BCUT2D eigenvalue weighted by Crippen LogP contribution is -2.08. The summed E-state index contributed by atoms with van der Waals surface area (Å²) in [6.45, 7) is 0.